The van der Waals surface area contributed by atoms with Crippen LogP contribution in [0.3, 0.4) is 0 Å². The van der Waals surface area contributed by atoms with Crippen LogP contribution in [0.15, 0.2) is 54.0 Å². The first-order chi connectivity index (χ1) is 16.7. The van der Waals surface area contributed by atoms with E-state index in [0.717, 1.165) is 17.7 Å². The number of alkyl halides is 3. The van der Waals surface area contributed by atoms with Crippen molar-refractivity contribution in [3.63, 3.8) is 0 Å². The number of rotatable bonds is 7. The number of hydrogen-bond acceptors (Lipinski definition) is 5. The van der Waals surface area contributed by atoms with Crippen molar-refractivity contribution in [2.45, 2.75) is 51.7 Å². The van der Waals surface area contributed by atoms with E-state index in [1.807, 2.05) is 6.07 Å². The molecule has 3 rings (SSSR count). The number of carboxylic acids is 1. The minimum atomic E-state index is -4.68. The predicted molar refractivity (Wildman–Crippen MR) is 127 cm³/mol. The predicted octanol–water partition coefficient (Wildman–Crippen LogP) is 5.34. The van der Waals surface area contributed by atoms with Gasteiger partial charge in [-0.25, -0.2) is 9.59 Å². The zero-order valence-corrected chi connectivity index (χ0v) is 20.3. The summed E-state index contributed by atoms with van der Waals surface area (Å²) in [5.74, 6) is -1.40. The smallest absolute Gasteiger partial charge is 0.478 e. The number of nitrogens with one attached hydrogen (secondary N) is 1. The Balaban J connectivity index is 1.91. The number of benzene rings is 2. The monoisotopic (exact) mass is 505 g/mol. The minimum Gasteiger partial charge on any atom is -0.478 e. The van der Waals surface area contributed by atoms with Gasteiger partial charge in [0, 0.05) is 6.54 Å². The fraction of sp³-hybridized carbons (Fsp3) is 0.360. The van der Waals surface area contributed by atoms with E-state index >= 15 is 0 Å². The zero-order valence-electron chi connectivity index (χ0n) is 20.3. The van der Waals surface area contributed by atoms with Gasteiger partial charge in [0.2, 0.25) is 0 Å². The highest BCUT2D eigenvalue weighted by atomic mass is 19.4. The highest BCUT2D eigenvalue weighted by Crippen LogP contribution is 2.39. The summed E-state index contributed by atoms with van der Waals surface area (Å²) in [4.78, 5) is 24.0. The van der Waals surface area contributed by atoms with Crippen LogP contribution in [-0.4, -0.2) is 42.0 Å². The minimum absolute atomic E-state index is 0.0129. The van der Waals surface area contributed by atoms with Crippen LogP contribution in [-0.2, 0) is 26.8 Å². The Bertz CT molecular complexity index is 1130. The Hall–Kier alpha value is -3.31. The maximum absolute atomic E-state index is 13.3. The fourth-order valence-electron chi connectivity index (χ4n) is 3.40. The number of carboxylic acid groups (broad SMARTS) is 1. The molecule has 1 aliphatic rings. The van der Waals surface area contributed by atoms with Gasteiger partial charge in [0.25, 0.3) is 0 Å². The molecule has 1 heterocycles. The van der Waals surface area contributed by atoms with E-state index in [4.69, 9.17) is 14.0 Å². The Morgan fingerprint density at radius 3 is 2.22 bits per heavy atom. The molecule has 0 bridgehead atoms. The molecule has 0 aromatic heterocycles. The van der Waals surface area contributed by atoms with Crippen molar-refractivity contribution in [2.75, 3.05) is 6.54 Å². The number of halogens is 3. The van der Waals surface area contributed by atoms with E-state index in [1.165, 1.54) is 6.08 Å². The highest BCUT2D eigenvalue weighted by molar-refractivity contribution is 6.56. The Morgan fingerprint density at radius 1 is 1.06 bits per heavy atom. The molecule has 1 fully saturated rings. The van der Waals surface area contributed by atoms with Crippen molar-refractivity contribution in [1.29, 1.82) is 0 Å². The van der Waals surface area contributed by atoms with Gasteiger partial charge in [-0.2, -0.15) is 13.2 Å². The summed E-state index contributed by atoms with van der Waals surface area (Å²) in [6.45, 7) is 6.95. The van der Waals surface area contributed by atoms with Crippen molar-refractivity contribution < 1.29 is 41.9 Å². The van der Waals surface area contributed by atoms with Crippen LogP contribution in [0.4, 0.5) is 18.0 Å². The molecule has 36 heavy (non-hydrogen) atoms. The summed E-state index contributed by atoms with van der Waals surface area (Å²) in [6, 6.07) is 11.3. The molecule has 0 saturated carbocycles. The van der Waals surface area contributed by atoms with Gasteiger partial charge in [0.1, 0.15) is 6.61 Å². The van der Waals surface area contributed by atoms with Gasteiger partial charge >= 0.3 is 25.4 Å². The van der Waals surface area contributed by atoms with Crippen molar-refractivity contribution in [3.05, 3.63) is 76.3 Å². The first kappa shape index (κ1) is 27.3. The maximum atomic E-state index is 13.3. The Labute approximate surface area is 207 Å². The molecular formula is C25H27BF3NO6. The quantitative estimate of drug-likeness (QED) is 0.494. The number of ether oxygens (including phenoxy) is 1. The molecule has 0 atom stereocenters. The second-order valence-corrected chi connectivity index (χ2v) is 9.33. The number of amides is 1. The first-order valence-electron chi connectivity index (χ1n) is 11.1. The summed E-state index contributed by atoms with van der Waals surface area (Å²) >= 11 is 0. The second kappa shape index (κ2) is 10.4. The summed E-state index contributed by atoms with van der Waals surface area (Å²) in [7, 11) is -1.05. The molecule has 1 saturated heterocycles. The van der Waals surface area contributed by atoms with E-state index < -0.39 is 42.1 Å². The number of carbonyl (C=O) groups is 2. The van der Waals surface area contributed by atoms with Gasteiger partial charge in [-0.15, -0.1) is 0 Å². The molecule has 2 aromatic rings. The molecule has 0 spiro atoms. The Morgan fingerprint density at radius 2 is 1.67 bits per heavy atom. The van der Waals surface area contributed by atoms with Crippen LogP contribution >= 0.6 is 0 Å². The SMILES string of the molecule is CC1(C)OB(C(=Cc2cc(C(F)(F)F)ccc2C(=O)O)CNC(=O)OCc2ccccc2)OC1(C)C. The third-order valence-electron chi connectivity index (χ3n) is 6.16. The van der Waals surface area contributed by atoms with E-state index in [1.54, 1.807) is 52.0 Å². The number of carbonyl (C=O) groups excluding carboxylic acids is 1. The summed E-state index contributed by atoms with van der Waals surface area (Å²) in [6.07, 6.45) is -4.22. The van der Waals surface area contributed by atoms with Gasteiger partial charge in [-0.1, -0.05) is 36.4 Å². The van der Waals surface area contributed by atoms with Crippen molar-refractivity contribution in [3.8, 4) is 0 Å². The number of alkyl carbamates (subject to hydrolysis) is 1. The van der Waals surface area contributed by atoms with Crippen LogP contribution in [0.25, 0.3) is 6.08 Å². The molecule has 0 aliphatic carbocycles. The molecule has 7 nitrogen and oxygen atoms in total. The fourth-order valence-corrected chi connectivity index (χ4v) is 3.40. The van der Waals surface area contributed by atoms with Gasteiger partial charge < -0.3 is 24.5 Å². The lowest BCUT2D eigenvalue weighted by atomic mass is 9.76. The van der Waals surface area contributed by atoms with Gasteiger partial charge in [0.05, 0.1) is 22.3 Å². The number of hydrogen-bond donors (Lipinski definition) is 2. The van der Waals surface area contributed by atoms with Crippen LogP contribution in [0.1, 0.15) is 54.7 Å². The van der Waals surface area contributed by atoms with Gasteiger partial charge in [-0.05, 0) is 62.5 Å². The Kier molecular flexibility index (Phi) is 7.85. The lowest BCUT2D eigenvalue weighted by molar-refractivity contribution is -0.137. The molecule has 192 valence electrons. The van der Waals surface area contributed by atoms with Gasteiger partial charge in [0.15, 0.2) is 0 Å². The summed E-state index contributed by atoms with van der Waals surface area (Å²) < 4.78 is 57.2. The molecule has 11 heteroatoms. The highest BCUT2D eigenvalue weighted by Gasteiger charge is 2.52. The van der Waals surface area contributed by atoms with Crippen LogP contribution < -0.4 is 5.32 Å². The normalized spacial score (nSPS) is 17.1. The second-order valence-electron chi connectivity index (χ2n) is 9.33. The molecule has 1 amide bonds. The largest absolute Gasteiger partial charge is 0.492 e. The topological polar surface area (TPSA) is 94.1 Å². The van der Waals surface area contributed by atoms with Crippen LogP contribution in [0, 0.1) is 0 Å². The van der Waals surface area contributed by atoms with Crippen molar-refractivity contribution in [2.24, 2.45) is 0 Å². The van der Waals surface area contributed by atoms with E-state index in [0.29, 0.717) is 6.07 Å². The summed E-state index contributed by atoms with van der Waals surface area (Å²) in [5, 5.41) is 12.1. The zero-order chi connectivity index (χ0) is 26.7. The molecular weight excluding hydrogens is 478 g/mol. The van der Waals surface area contributed by atoms with Crippen LogP contribution in [0.5, 0.6) is 0 Å². The maximum Gasteiger partial charge on any atom is 0.492 e. The molecule has 1 aliphatic heterocycles. The van der Waals surface area contributed by atoms with Crippen molar-refractivity contribution >= 4 is 25.3 Å². The third kappa shape index (κ3) is 6.47. The molecule has 0 radical (unpaired) electrons. The first-order valence-corrected chi connectivity index (χ1v) is 11.1. The van der Waals surface area contributed by atoms with Gasteiger partial charge in [-0.3, -0.25) is 0 Å². The molecule has 2 aromatic carbocycles. The molecule has 2 N–H and O–H groups in total. The lowest BCUT2D eigenvalue weighted by Crippen LogP contribution is -2.41. The lowest BCUT2D eigenvalue weighted by Gasteiger charge is -2.32. The number of aromatic carboxylic acids is 1. The third-order valence-corrected chi connectivity index (χ3v) is 6.16. The average Bonchev–Trinajstić information content (AvgIpc) is 3.01. The van der Waals surface area contributed by atoms with E-state index in [2.05, 4.69) is 5.32 Å². The van der Waals surface area contributed by atoms with E-state index in [-0.39, 0.29) is 29.8 Å². The standard InChI is InChI=1S/C25H27BF3NO6/c1-23(2)24(3,4)36-26(35-23)19(14-30-22(33)34-15-16-8-6-5-7-9-16)13-17-12-18(25(27,28)29)10-11-20(17)21(31)32/h5-13H,14-15H2,1-4H3,(H,30,33)(H,31,32). The average molecular weight is 505 g/mol. The molecule has 0 unspecified atom stereocenters. The van der Waals surface area contributed by atoms with E-state index in [9.17, 15) is 27.9 Å². The van der Waals surface area contributed by atoms with Crippen molar-refractivity contribution in [1.82, 2.24) is 5.32 Å². The summed E-state index contributed by atoms with van der Waals surface area (Å²) in [5.41, 5.74) is -2.15. The van der Waals surface area contributed by atoms with Crippen LogP contribution in [0.2, 0.25) is 0 Å².